The van der Waals surface area contributed by atoms with Gasteiger partial charge in [0.15, 0.2) is 11.6 Å². The number of carbonyl (C=O) groups excluding carboxylic acids is 1. The standard InChI is InChI=1S/C15H11ClFN3O2S/c16-13-3-8-4-15(20-11(8)6-18-13)23-7-14(22)19-9-1-2-10(17)12(21)5-9/h1-3,5-6,21H,4,7H2,(H,19,22). The van der Waals surface area contributed by atoms with Crippen LogP contribution in [0.4, 0.5) is 15.8 Å². The molecule has 0 fully saturated rings. The third-order valence-corrected chi connectivity index (χ3v) is 4.30. The summed E-state index contributed by atoms with van der Waals surface area (Å²) in [6.45, 7) is 0. The van der Waals surface area contributed by atoms with Crippen LogP contribution < -0.4 is 5.32 Å². The van der Waals surface area contributed by atoms with Crippen LogP contribution in [0, 0.1) is 5.82 Å². The molecule has 5 nitrogen and oxygen atoms in total. The van der Waals surface area contributed by atoms with Crippen molar-refractivity contribution < 1.29 is 14.3 Å². The highest BCUT2D eigenvalue weighted by molar-refractivity contribution is 8.14. The smallest absolute Gasteiger partial charge is 0.234 e. The summed E-state index contributed by atoms with van der Waals surface area (Å²) in [4.78, 5) is 20.3. The molecule has 1 aromatic carbocycles. The summed E-state index contributed by atoms with van der Waals surface area (Å²) in [6, 6.07) is 5.39. The van der Waals surface area contributed by atoms with Crippen LogP contribution in [0.2, 0.25) is 5.15 Å². The summed E-state index contributed by atoms with van der Waals surface area (Å²) in [6.07, 6.45) is 2.22. The van der Waals surface area contributed by atoms with Crippen molar-refractivity contribution in [3.63, 3.8) is 0 Å². The van der Waals surface area contributed by atoms with Gasteiger partial charge in [-0.05, 0) is 23.8 Å². The predicted molar refractivity (Wildman–Crippen MR) is 89.2 cm³/mol. The molecule has 1 amide bonds. The highest BCUT2D eigenvalue weighted by Gasteiger charge is 2.17. The molecule has 1 aliphatic heterocycles. The molecule has 0 bridgehead atoms. The maximum atomic E-state index is 12.9. The zero-order valence-electron chi connectivity index (χ0n) is 11.7. The minimum absolute atomic E-state index is 0.159. The number of phenolic OH excluding ortho intramolecular Hbond substituents is 1. The van der Waals surface area contributed by atoms with Crippen molar-refractivity contribution in [3.8, 4) is 5.75 Å². The fourth-order valence-corrected chi connectivity index (χ4v) is 3.03. The van der Waals surface area contributed by atoms with Gasteiger partial charge in [-0.1, -0.05) is 11.6 Å². The van der Waals surface area contributed by atoms with E-state index < -0.39 is 11.6 Å². The zero-order chi connectivity index (χ0) is 16.4. The fourth-order valence-electron chi connectivity index (χ4n) is 2.06. The number of rotatable bonds is 3. The second-order valence-electron chi connectivity index (χ2n) is 4.82. The van der Waals surface area contributed by atoms with Gasteiger partial charge in [0.05, 0.1) is 22.7 Å². The van der Waals surface area contributed by atoms with Crippen molar-refractivity contribution in [2.75, 3.05) is 11.1 Å². The lowest BCUT2D eigenvalue weighted by Gasteiger charge is -2.06. The number of hydrogen-bond donors (Lipinski definition) is 2. The summed E-state index contributed by atoms with van der Waals surface area (Å²) < 4.78 is 12.9. The van der Waals surface area contributed by atoms with Crippen molar-refractivity contribution in [2.45, 2.75) is 6.42 Å². The molecule has 0 unspecified atom stereocenters. The molecule has 1 aromatic heterocycles. The SMILES string of the molecule is O=C(CSC1=Nc2cnc(Cl)cc2C1)Nc1ccc(F)c(O)c1. The van der Waals surface area contributed by atoms with Gasteiger partial charge in [-0.15, -0.1) is 11.8 Å². The topological polar surface area (TPSA) is 74.6 Å². The first-order chi connectivity index (χ1) is 11.0. The molecule has 0 radical (unpaired) electrons. The number of thioether (sulfide) groups is 1. The minimum Gasteiger partial charge on any atom is -0.505 e. The van der Waals surface area contributed by atoms with E-state index in [4.69, 9.17) is 11.6 Å². The van der Waals surface area contributed by atoms with Crippen molar-refractivity contribution in [1.82, 2.24) is 4.98 Å². The van der Waals surface area contributed by atoms with Gasteiger partial charge in [-0.3, -0.25) is 4.79 Å². The Bertz CT molecular complexity index is 813. The van der Waals surface area contributed by atoms with Crippen LogP contribution >= 0.6 is 23.4 Å². The van der Waals surface area contributed by atoms with Crippen molar-refractivity contribution >= 4 is 45.7 Å². The van der Waals surface area contributed by atoms with Gasteiger partial charge in [0.1, 0.15) is 5.15 Å². The molecule has 0 spiro atoms. The number of pyridine rings is 1. The predicted octanol–water partition coefficient (Wildman–Crippen LogP) is 3.54. The molecular weight excluding hydrogens is 341 g/mol. The molecule has 0 atom stereocenters. The summed E-state index contributed by atoms with van der Waals surface area (Å²) >= 11 is 7.14. The van der Waals surface area contributed by atoms with E-state index in [0.29, 0.717) is 17.3 Å². The van der Waals surface area contributed by atoms with Crippen LogP contribution in [-0.2, 0) is 11.2 Å². The lowest BCUT2D eigenvalue weighted by Crippen LogP contribution is -2.15. The molecule has 1 aliphatic rings. The van der Waals surface area contributed by atoms with Crippen LogP contribution in [0.5, 0.6) is 5.75 Å². The number of hydrogen-bond acceptors (Lipinski definition) is 5. The summed E-state index contributed by atoms with van der Waals surface area (Å²) in [5, 5.41) is 13.1. The second-order valence-corrected chi connectivity index (χ2v) is 6.26. The van der Waals surface area contributed by atoms with Crippen LogP contribution in [0.3, 0.4) is 0 Å². The number of anilines is 1. The van der Waals surface area contributed by atoms with Crippen LogP contribution in [-0.4, -0.2) is 26.8 Å². The normalized spacial score (nSPS) is 12.7. The molecule has 118 valence electrons. The average Bonchev–Trinajstić information content (AvgIpc) is 2.91. The van der Waals surface area contributed by atoms with Gasteiger partial charge in [-0.25, -0.2) is 14.4 Å². The molecule has 23 heavy (non-hydrogen) atoms. The Kier molecular flexibility index (Phi) is 4.49. The first-order valence-corrected chi connectivity index (χ1v) is 8.01. The van der Waals surface area contributed by atoms with E-state index >= 15 is 0 Å². The van der Waals surface area contributed by atoms with Crippen molar-refractivity contribution in [3.05, 3.63) is 47.0 Å². The van der Waals surface area contributed by atoms with Gasteiger partial charge < -0.3 is 10.4 Å². The van der Waals surface area contributed by atoms with Gasteiger partial charge in [0.2, 0.25) is 5.91 Å². The number of phenols is 1. The molecule has 2 N–H and O–H groups in total. The third-order valence-electron chi connectivity index (χ3n) is 3.12. The number of aromatic nitrogens is 1. The number of fused-ring (bicyclic) bond motifs is 1. The Hall–Kier alpha value is -2.12. The Balaban J connectivity index is 1.55. The van der Waals surface area contributed by atoms with E-state index in [1.165, 1.54) is 17.8 Å². The zero-order valence-corrected chi connectivity index (χ0v) is 13.3. The van der Waals surface area contributed by atoms with Crippen LogP contribution in [0.25, 0.3) is 0 Å². The van der Waals surface area contributed by atoms with E-state index in [2.05, 4.69) is 15.3 Å². The molecule has 0 saturated heterocycles. The van der Waals surface area contributed by atoms with E-state index in [9.17, 15) is 14.3 Å². The van der Waals surface area contributed by atoms with E-state index in [-0.39, 0.29) is 11.7 Å². The highest BCUT2D eigenvalue weighted by Crippen LogP contribution is 2.31. The monoisotopic (exact) mass is 351 g/mol. The summed E-state index contributed by atoms with van der Waals surface area (Å²) in [7, 11) is 0. The van der Waals surface area contributed by atoms with Crippen LogP contribution in [0.15, 0.2) is 35.5 Å². The van der Waals surface area contributed by atoms with Crippen molar-refractivity contribution in [1.29, 1.82) is 0 Å². The summed E-state index contributed by atoms with van der Waals surface area (Å²) in [5.74, 6) is -1.35. The number of nitrogens with zero attached hydrogens (tertiary/aromatic N) is 2. The van der Waals surface area contributed by atoms with Gasteiger partial charge in [-0.2, -0.15) is 0 Å². The van der Waals surface area contributed by atoms with Gasteiger partial charge in [0.25, 0.3) is 0 Å². The lowest BCUT2D eigenvalue weighted by atomic mass is 10.2. The largest absolute Gasteiger partial charge is 0.505 e. The molecule has 0 aliphatic carbocycles. The molecule has 3 rings (SSSR count). The number of aliphatic imine (C=N–C) groups is 1. The number of carbonyl (C=O) groups is 1. The Labute approximate surface area is 140 Å². The van der Waals surface area contributed by atoms with Crippen molar-refractivity contribution in [2.24, 2.45) is 4.99 Å². The van der Waals surface area contributed by atoms with Crippen LogP contribution in [0.1, 0.15) is 5.56 Å². The van der Waals surface area contributed by atoms with Gasteiger partial charge >= 0.3 is 0 Å². The molecule has 0 saturated carbocycles. The first-order valence-electron chi connectivity index (χ1n) is 6.64. The third kappa shape index (κ3) is 3.80. The Morgan fingerprint density at radius 3 is 3.04 bits per heavy atom. The number of amides is 1. The maximum absolute atomic E-state index is 12.9. The first kappa shape index (κ1) is 15.8. The van der Waals surface area contributed by atoms with Gasteiger partial charge in [0, 0.05) is 18.2 Å². The number of benzene rings is 1. The Morgan fingerprint density at radius 2 is 2.26 bits per heavy atom. The summed E-state index contributed by atoms with van der Waals surface area (Å²) in [5.41, 5.74) is 2.08. The Morgan fingerprint density at radius 1 is 1.43 bits per heavy atom. The molecule has 2 aromatic rings. The number of halogens is 2. The lowest BCUT2D eigenvalue weighted by molar-refractivity contribution is -0.113. The molecular formula is C15H11ClFN3O2S. The van der Waals surface area contributed by atoms with E-state index in [1.807, 2.05) is 0 Å². The number of aromatic hydroxyl groups is 1. The van der Waals surface area contributed by atoms with E-state index in [1.54, 1.807) is 12.3 Å². The molecule has 2 heterocycles. The molecule has 8 heteroatoms. The minimum atomic E-state index is -0.734. The fraction of sp³-hybridized carbons (Fsp3) is 0.133. The maximum Gasteiger partial charge on any atom is 0.234 e. The van der Waals surface area contributed by atoms with E-state index in [0.717, 1.165) is 28.4 Å². The average molecular weight is 352 g/mol. The number of nitrogens with one attached hydrogen (secondary N) is 1. The second kappa shape index (κ2) is 6.55. The highest BCUT2D eigenvalue weighted by atomic mass is 35.5. The quantitative estimate of drug-likeness (QED) is 0.829.